The van der Waals surface area contributed by atoms with Gasteiger partial charge in [-0.3, -0.25) is 5.10 Å². The average Bonchev–Trinajstić information content (AvgIpc) is 2.75. The van der Waals surface area contributed by atoms with Crippen LogP contribution in [0.5, 0.6) is 5.75 Å². The van der Waals surface area contributed by atoms with E-state index in [-0.39, 0.29) is 11.4 Å². The number of phenolic OH excluding ortho intramolecular Hbond substituents is 1. The van der Waals surface area contributed by atoms with Crippen LogP contribution in [0.2, 0.25) is 0 Å². The van der Waals surface area contributed by atoms with Gasteiger partial charge in [-0.25, -0.2) is 4.79 Å². The number of carboxylic acids is 1. The summed E-state index contributed by atoms with van der Waals surface area (Å²) in [5, 5.41) is 24.7. The first kappa shape index (κ1) is 11.2. The number of hydrogen-bond acceptors (Lipinski definition) is 3. The highest BCUT2D eigenvalue weighted by atomic mass is 16.4. The van der Waals surface area contributed by atoms with Crippen LogP contribution < -0.4 is 0 Å². The van der Waals surface area contributed by atoms with Gasteiger partial charge in [0, 0.05) is 5.56 Å². The topological polar surface area (TPSA) is 86.2 Å². The third-order valence-corrected chi connectivity index (χ3v) is 2.84. The third-order valence-electron chi connectivity index (χ3n) is 2.84. The highest BCUT2D eigenvalue weighted by Gasteiger charge is 2.12. The van der Waals surface area contributed by atoms with Gasteiger partial charge in [-0.15, -0.1) is 0 Å². The number of rotatable bonds is 2. The van der Waals surface area contributed by atoms with Crippen molar-refractivity contribution in [3.63, 3.8) is 0 Å². The molecule has 3 N–H and O–H groups in total. The summed E-state index contributed by atoms with van der Waals surface area (Å²) in [6.07, 6.45) is 0. The normalized spacial score (nSPS) is 10.5. The standard InChI is InChI=1S/C12H12N2O3/c1-6-7(2)11(15)4-3-8(6)9-5-10(12(16)17)14-13-9/h3-5,15H,1-2H3,(H,13,14)(H,16,17). The molecule has 2 aromatic rings. The second-order valence-corrected chi connectivity index (χ2v) is 3.85. The molecule has 0 bridgehead atoms. The predicted octanol–water partition coefficient (Wildman–Crippen LogP) is 2.10. The zero-order chi connectivity index (χ0) is 12.6. The van der Waals surface area contributed by atoms with Crippen LogP contribution in [-0.4, -0.2) is 26.4 Å². The number of hydrogen-bond donors (Lipinski definition) is 3. The lowest BCUT2D eigenvalue weighted by atomic mass is 10.00. The fourth-order valence-electron chi connectivity index (χ4n) is 1.65. The first-order chi connectivity index (χ1) is 8.00. The Kier molecular flexibility index (Phi) is 2.59. The Bertz CT molecular complexity index is 587. The van der Waals surface area contributed by atoms with Crippen molar-refractivity contribution in [2.24, 2.45) is 0 Å². The predicted molar refractivity (Wildman–Crippen MR) is 62.1 cm³/mol. The molecule has 1 heterocycles. The number of nitrogens with zero attached hydrogens (tertiary/aromatic N) is 1. The minimum Gasteiger partial charge on any atom is -0.508 e. The molecule has 17 heavy (non-hydrogen) atoms. The molecule has 1 aromatic carbocycles. The zero-order valence-corrected chi connectivity index (χ0v) is 9.48. The number of aromatic hydroxyl groups is 1. The van der Waals surface area contributed by atoms with Crippen LogP contribution in [0.4, 0.5) is 0 Å². The molecule has 0 spiro atoms. The van der Waals surface area contributed by atoms with E-state index in [1.807, 2.05) is 6.92 Å². The van der Waals surface area contributed by atoms with Gasteiger partial charge in [0.25, 0.3) is 0 Å². The Morgan fingerprint density at radius 2 is 2.00 bits per heavy atom. The molecule has 0 amide bonds. The van der Waals surface area contributed by atoms with E-state index >= 15 is 0 Å². The molecule has 0 aliphatic heterocycles. The molecule has 0 radical (unpaired) electrons. The molecule has 0 atom stereocenters. The van der Waals surface area contributed by atoms with Crippen LogP contribution in [0.25, 0.3) is 11.3 Å². The van der Waals surface area contributed by atoms with Crippen LogP contribution in [0.3, 0.4) is 0 Å². The monoisotopic (exact) mass is 232 g/mol. The molecule has 5 nitrogen and oxygen atoms in total. The maximum absolute atomic E-state index is 10.7. The molecule has 2 rings (SSSR count). The smallest absolute Gasteiger partial charge is 0.353 e. The molecule has 0 aliphatic rings. The second kappa shape index (κ2) is 3.93. The summed E-state index contributed by atoms with van der Waals surface area (Å²) in [4.78, 5) is 10.7. The van der Waals surface area contributed by atoms with Crippen molar-refractivity contribution in [2.45, 2.75) is 13.8 Å². The van der Waals surface area contributed by atoms with E-state index in [0.717, 1.165) is 16.7 Å². The van der Waals surface area contributed by atoms with E-state index in [4.69, 9.17) is 5.11 Å². The van der Waals surface area contributed by atoms with Gasteiger partial charge in [0.1, 0.15) is 11.4 Å². The molecular weight excluding hydrogens is 220 g/mol. The quantitative estimate of drug-likeness (QED) is 0.740. The Labute approximate surface area is 97.7 Å². The van der Waals surface area contributed by atoms with E-state index in [1.165, 1.54) is 6.07 Å². The van der Waals surface area contributed by atoms with Gasteiger partial charge in [0.2, 0.25) is 0 Å². The van der Waals surface area contributed by atoms with Crippen molar-refractivity contribution >= 4 is 5.97 Å². The highest BCUT2D eigenvalue weighted by Crippen LogP contribution is 2.29. The molecule has 5 heteroatoms. The van der Waals surface area contributed by atoms with E-state index in [1.54, 1.807) is 19.1 Å². The number of phenols is 1. The first-order valence-corrected chi connectivity index (χ1v) is 5.09. The molecule has 1 aromatic heterocycles. The summed E-state index contributed by atoms with van der Waals surface area (Å²) < 4.78 is 0. The van der Waals surface area contributed by atoms with Gasteiger partial charge in [0.15, 0.2) is 0 Å². The number of aromatic nitrogens is 2. The van der Waals surface area contributed by atoms with E-state index in [0.29, 0.717) is 5.69 Å². The lowest BCUT2D eigenvalue weighted by Crippen LogP contribution is -1.95. The Balaban J connectivity index is 2.53. The van der Waals surface area contributed by atoms with Gasteiger partial charge < -0.3 is 10.2 Å². The van der Waals surface area contributed by atoms with Crippen LogP contribution in [0.15, 0.2) is 18.2 Å². The SMILES string of the molecule is Cc1c(O)ccc(-c2cc(C(=O)O)[nH]n2)c1C. The van der Waals surface area contributed by atoms with Gasteiger partial charge in [-0.1, -0.05) is 0 Å². The Morgan fingerprint density at radius 1 is 1.29 bits per heavy atom. The zero-order valence-electron chi connectivity index (χ0n) is 9.48. The minimum atomic E-state index is -1.04. The minimum absolute atomic E-state index is 0.0464. The van der Waals surface area contributed by atoms with Gasteiger partial charge in [-0.2, -0.15) is 5.10 Å². The number of nitrogens with one attached hydrogen (secondary N) is 1. The van der Waals surface area contributed by atoms with Crippen LogP contribution >= 0.6 is 0 Å². The molecule has 0 saturated carbocycles. The van der Waals surface area contributed by atoms with Crippen LogP contribution in [0, 0.1) is 13.8 Å². The van der Waals surface area contributed by atoms with Crippen molar-refractivity contribution in [3.05, 3.63) is 35.0 Å². The van der Waals surface area contributed by atoms with Crippen molar-refractivity contribution in [1.29, 1.82) is 0 Å². The molecule has 88 valence electrons. The second-order valence-electron chi connectivity index (χ2n) is 3.85. The highest BCUT2D eigenvalue weighted by molar-refractivity contribution is 5.87. The van der Waals surface area contributed by atoms with Gasteiger partial charge in [-0.05, 0) is 43.2 Å². The van der Waals surface area contributed by atoms with Gasteiger partial charge in [0.05, 0.1) is 5.69 Å². The third kappa shape index (κ3) is 1.87. The van der Waals surface area contributed by atoms with Crippen molar-refractivity contribution in [1.82, 2.24) is 10.2 Å². The lowest BCUT2D eigenvalue weighted by Gasteiger charge is -2.07. The molecular formula is C12H12N2O3. The summed E-state index contributed by atoms with van der Waals surface area (Å²) >= 11 is 0. The maximum atomic E-state index is 10.7. The summed E-state index contributed by atoms with van der Waals surface area (Å²) in [7, 11) is 0. The summed E-state index contributed by atoms with van der Waals surface area (Å²) in [5.74, 6) is -0.822. The van der Waals surface area contributed by atoms with Gasteiger partial charge >= 0.3 is 5.97 Å². The van der Waals surface area contributed by atoms with Crippen molar-refractivity contribution in [2.75, 3.05) is 0 Å². The summed E-state index contributed by atoms with van der Waals surface area (Å²) in [6.45, 7) is 3.67. The number of carbonyl (C=O) groups is 1. The number of aromatic carboxylic acids is 1. The fraction of sp³-hybridized carbons (Fsp3) is 0.167. The molecule has 0 unspecified atom stereocenters. The van der Waals surface area contributed by atoms with E-state index in [2.05, 4.69) is 10.2 Å². The fourth-order valence-corrected chi connectivity index (χ4v) is 1.65. The van der Waals surface area contributed by atoms with Crippen LogP contribution in [-0.2, 0) is 0 Å². The maximum Gasteiger partial charge on any atom is 0.353 e. The number of aromatic amines is 1. The van der Waals surface area contributed by atoms with Crippen LogP contribution in [0.1, 0.15) is 21.6 Å². The number of carboxylic acid groups (broad SMARTS) is 1. The average molecular weight is 232 g/mol. The largest absolute Gasteiger partial charge is 0.508 e. The van der Waals surface area contributed by atoms with E-state index in [9.17, 15) is 9.90 Å². The number of H-pyrrole nitrogens is 1. The first-order valence-electron chi connectivity index (χ1n) is 5.09. The Morgan fingerprint density at radius 3 is 2.59 bits per heavy atom. The lowest BCUT2D eigenvalue weighted by molar-refractivity contribution is 0.0690. The van der Waals surface area contributed by atoms with Crippen molar-refractivity contribution < 1.29 is 15.0 Å². The number of benzene rings is 1. The Hall–Kier alpha value is -2.30. The molecule has 0 aliphatic carbocycles. The van der Waals surface area contributed by atoms with Crippen molar-refractivity contribution in [3.8, 4) is 17.0 Å². The summed E-state index contributed by atoms with van der Waals surface area (Å²) in [6, 6.07) is 4.77. The summed E-state index contributed by atoms with van der Waals surface area (Å²) in [5.41, 5.74) is 3.06. The molecule has 0 fully saturated rings. The van der Waals surface area contributed by atoms with E-state index < -0.39 is 5.97 Å². The molecule has 0 saturated heterocycles.